The molecule has 0 spiro atoms. The van der Waals surface area contributed by atoms with Crippen LogP contribution in [0.3, 0.4) is 0 Å². The fourth-order valence-corrected chi connectivity index (χ4v) is 2.01. The summed E-state index contributed by atoms with van der Waals surface area (Å²) in [5.74, 6) is 0. The summed E-state index contributed by atoms with van der Waals surface area (Å²) in [7, 11) is 0. The normalized spacial score (nSPS) is 15.4. The molecule has 0 aliphatic rings. The first-order valence-corrected chi connectivity index (χ1v) is 6.92. The maximum atomic E-state index is 10.8. The van der Waals surface area contributed by atoms with Crippen molar-refractivity contribution in [1.29, 1.82) is 0 Å². The lowest BCUT2D eigenvalue weighted by molar-refractivity contribution is -0.0267. The zero-order valence-corrected chi connectivity index (χ0v) is 12.5. The van der Waals surface area contributed by atoms with Crippen LogP contribution in [0.1, 0.15) is 46.1 Å². The number of hydrogen-bond donors (Lipinski definition) is 2. The predicted molar refractivity (Wildman–Crippen MR) is 78.0 cm³/mol. The monoisotopic (exact) mass is 269 g/mol. The van der Waals surface area contributed by atoms with Gasteiger partial charge in [0.1, 0.15) is 5.60 Å². The van der Waals surface area contributed by atoms with Crippen molar-refractivity contribution in [3.8, 4) is 0 Å². The van der Waals surface area contributed by atoms with Crippen molar-refractivity contribution in [2.24, 2.45) is 0 Å². The number of hydrogen-bond acceptors (Lipinski definition) is 2. The topological polar surface area (TPSA) is 32.3 Å². The van der Waals surface area contributed by atoms with Gasteiger partial charge in [0.25, 0.3) is 0 Å². The quantitative estimate of drug-likeness (QED) is 0.772. The molecular formula is C15H24ClNO. The van der Waals surface area contributed by atoms with Crippen molar-refractivity contribution in [3.63, 3.8) is 0 Å². The average Bonchev–Trinajstić information content (AvgIpc) is 2.29. The van der Waals surface area contributed by atoms with Crippen LogP contribution in [-0.4, -0.2) is 17.2 Å². The molecule has 18 heavy (non-hydrogen) atoms. The van der Waals surface area contributed by atoms with E-state index >= 15 is 0 Å². The van der Waals surface area contributed by atoms with Gasteiger partial charge in [0.15, 0.2) is 0 Å². The third-order valence-corrected chi connectivity index (χ3v) is 3.97. The van der Waals surface area contributed by atoms with E-state index in [1.54, 1.807) is 0 Å². The Bertz CT molecular complexity index is 371. The molecular weight excluding hydrogens is 246 g/mol. The van der Waals surface area contributed by atoms with Crippen LogP contribution >= 0.6 is 11.6 Å². The number of benzene rings is 1. The SMILES string of the molecule is CCCCNC(C)(C)[C@](C)(O)c1ccc(Cl)cc1. The number of halogens is 1. The van der Waals surface area contributed by atoms with Gasteiger partial charge in [-0.05, 0) is 51.4 Å². The van der Waals surface area contributed by atoms with E-state index in [2.05, 4.69) is 12.2 Å². The Hall–Kier alpha value is -0.570. The summed E-state index contributed by atoms with van der Waals surface area (Å²) in [6.07, 6.45) is 2.26. The third kappa shape index (κ3) is 3.47. The highest BCUT2D eigenvalue weighted by molar-refractivity contribution is 6.30. The fourth-order valence-electron chi connectivity index (χ4n) is 1.89. The Morgan fingerprint density at radius 3 is 2.22 bits per heavy atom. The van der Waals surface area contributed by atoms with Gasteiger partial charge in [-0.3, -0.25) is 0 Å². The van der Waals surface area contributed by atoms with Gasteiger partial charge >= 0.3 is 0 Å². The maximum Gasteiger partial charge on any atom is 0.104 e. The Kier molecular flexibility index (Phi) is 5.20. The first kappa shape index (κ1) is 15.5. The molecule has 1 rings (SSSR count). The van der Waals surface area contributed by atoms with Crippen molar-refractivity contribution < 1.29 is 5.11 Å². The molecule has 0 amide bonds. The van der Waals surface area contributed by atoms with Gasteiger partial charge in [-0.25, -0.2) is 0 Å². The number of unbranched alkanes of at least 4 members (excludes halogenated alkanes) is 1. The minimum Gasteiger partial charge on any atom is -0.384 e. The van der Waals surface area contributed by atoms with Crippen LogP contribution in [0.5, 0.6) is 0 Å². The van der Waals surface area contributed by atoms with Gasteiger partial charge < -0.3 is 10.4 Å². The molecule has 2 N–H and O–H groups in total. The van der Waals surface area contributed by atoms with E-state index < -0.39 is 11.1 Å². The molecule has 0 saturated carbocycles. The molecule has 0 bridgehead atoms. The Morgan fingerprint density at radius 1 is 1.17 bits per heavy atom. The summed E-state index contributed by atoms with van der Waals surface area (Å²) in [6.45, 7) is 8.96. The van der Waals surface area contributed by atoms with Crippen molar-refractivity contribution >= 4 is 11.6 Å². The van der Waals surface area contributed by atoms with E-state index in [-0.39, 0.29) is 0 Å². The smallest absolute Gasteiger partial charge is 0.104 e. The molecule has 0 unspecified atom stereocenters. The number of nitrogens with one attached hydrogen (secondary N) is 1. The minimum atomic E-state index is -0.939. The van der Waals surface area contributed by atoms with E-state index in [9.17, 15) is 5.11 Å². The van der Waals surface area contributed by atoms with E-state index in [0.717, 1.165) is 24.9 Å². The molecule has 0 aliphatic heterocycles. The second-order valence-electron chi connectivity index (χ2n) is 5.48. The van der Waals surface area contributed by atoms with Crippen LogP contribution < -0.4 is 5.32 Å². The van der Waals surface area contributed by atoms with Gasteiger partial charge in [0.05, 0.1) is 0 Å². The molecule has 2 nitrogen and oxygen atoms in total. The summed E-state index contributed by atoms with van der Waals surface area (Å²) in [4.78, 5) is 0. The second-order valence-corrected chi connectivity index (χ2v) is 5.92. The van der Waals surface area contributed by atoms with Gasteiger partial charge in [-0.1, -0.05) is 37.1 Å². The Labute approximate surface area is 115 Å². The summed E-state index contributed by atoms with van der Waals surface area (Å²) in [5.41, 5.74) is -0.456. The number of rotatable bonds is 6. The first-order valence-electron chi connectivity index (χ1n) is 6.54. The lowest BCUT2D eigenvalue weighted by Crippen LogP contribution is -2.55. The standard InChI is InChI=1S/C15H24ClNO/c1-5-6-11-17-14(2,3)15(4,18)12-7-9-13(16)10-8-12/h7-10,17-18H,5-6,11H2,1-4H3/t15-/m1/s1. The molecule has 1 aromatic rings. The van der Waals surface area contributed by atoms with E-state index in [0.29, 0.717) is 5.02 Å². The minimum absolute atomic E-state index is 0.393. The van der Waals surface area contributed by atoms with Gasteiger partial charge in [0.2, 0.25) is 0 Å². The Morgan fingerprint density at radius 2 is 1.72 bits per heavy atom. The summed E-state index contributed by atoms with van der Waals surface area (Å²) in [6, 6.07) is 7.39. The van der Waals surface area contributed by atoms with Crippen molar-refractivity contribution in [2.45, 2.75) is 51.7 Å². The van der Waals surface area contributed by atoms with Gasteiger partial charge in [0, 0.05) is 10.6 Å². The molecule has 0 aromatic heterocycles. The molecule has 1 aromatic carbocycles. The Balaban J connectivity index is 2.86. The van der Waals surface area contributed by atoms with E-state index in [4.69, 9.17) is 11.6 Å². The van der Waals surface area contributed by atoms with E-state index in [1.165, 1.54) is 0 Å². The van der Waals surface area contributed by atoms with Gasteiger partial charge in [-0.15, -0.1) is 0 Å². The molecule has 0 saturated heterocycles. The molecule has 1 atom stereocenters. The molecule has 3 heteroatoms. The summed E-state index contributed by atoms with van der Waals surface area (Å²) < 4.78 is 0. The lowest BCUT2D eigenvalue weighted by Gasteiger charge is -2.41. The highest BCUT2D eigenvalue weighted by Crippen LogP contribution is 2.33. The van der Waals surface area contributed by atoms with Crippen LogP contribution in [-0.2, 0) is 5.60 Å². The van der Waals surface area contributed by atoms with Crippen molar-refractivity contribution in [3.05, 3.63) is 34.9 Å². The first-order chi connectivity index (χ1) is 8.31. The van der Waals surface area contributed by atoms with Crippen LogP contribution in [0, 0.1) is 0 Å². The third-order valence-electron chi connectivity index (χ3n) is 3.72. The molecule has 0 aliphatic carbocycles. The van der Waals surface area contributed by atoms with E-state index in [1.807, 2.05) is 45.0 Å². The van der Waals surface area contributed by atoms with Crippen LogP contribution in [0.15, 0.2) is 24.3 Å². The fraction of sp³-hybridized carbons (Fsp3) is 0.600. The highest BCUT2D eigenvalue weighted by atomic mass is 35.5. The average molecular weight is 270 g/mol. The number of aliphatic hydroxyl groups is 1. The lowest BCUT2D eigenvalue weighted by atomic mass is 9.78. The molecule has 0 fully saturated rings. The second kappa shape index (κ2) is 6.05. The van der Waals surface area contributed by atoms with Crippen LogP contribution in [0.2, 0.25) is 5.02 Å². The molecule has 0 heterocycles. The highest BCUT2D eigenvalue weighted by Gasteiger charge is 2.40. The van der Waals surface area contributed by atoms with Crippen LogP contribution in [0.4, 0.5) is 0 Å². The molecule has 0 radical (unpaired) electrons. The summed E-state index contributed by atoms with van der Waals surface area (Å²) >= 11 is 5.88. The van der Waals surface area contributed by atoms with Crippen molar-refractivity contribution in [2.75, 3.05) is 6.54 Å². The molecule has 102 valence electrons. The van der Waals surface area contributed by atoms with Crippen LogP contribution in [0.25, 0.3) is 0 Å². The zero-order chi connectivity index (χ0) is 13.8. The zero-order valence-electron chi connectivity index (χ0n) is 11.8. The van der Waals surface area contributed by atoms with Crippen molar-refractivity contribution in [1.82, 2.24) is 5.32 Å². The van der Waals surface area contributed by atoms with Gasteiger partial charge in [-0.2, -0.15) is 0 Å². The summed E-state index contributed by atoms with van der Waals surface area (Å²) in [5, 5.41) is 14.9. The predicted octanol–water partition coefficient (Wildman–Crippen LogP) is 3.72. The maximum absolute atomic E-state index is 10.8. The largest absolute Gasteiger partial charge is 0.384 e.